The molecule has 0 spiro atoms. The number of hydrogen-bond donors (Lipinski definition) is 0. The topological polar surface area (TPSA) is 80.8 Å². The van der Waals surface area contributed by atoms with E-state index < -0.39 is 0 Å². The molecule has 0 radical (unpaired) electrons. The molecule has 0 aliphatic heterocycles. The number of carbonyl (C=O) groups is 1. The second-order valence-electron chi connectivity index (χ2n) is 6.94. The van der Waals surface area contributed by atoms with E-state index in [0.717, 1.165) is 29.4 Å². The van der Waals surface area contributed by atoms with Crippen LogP contribution in [0.3, 0.4) is 0 Å². The normalized spacial score (nSPS) is 13.1. The summed E-state index contributed by atoms with van der Waals surface area (Å²) in [5.74, 6) is 1.35. The van der Waals surface area contributed by atoms with Crippen LogP contribution in [-0.2, 0) is 22.7 Å². The van der Waals surface area contributed by atoms with E-state index in [9.17, 15) is 4.79 Å². The first-order valence-electron chi connectivity index (χ1n) is 9.47. The first-order valence-corrected chi connectivity index (χ1v) is 10.5. The van der Waals surface area contributed by atoms with E-state index in [-0.39, 0.29) is 18.3 Å². The fraction of sp³-hybridized carbons (Fsp3) is 0.273. The maximum absolute atomic E-state index is 12.2. The van der Waals surface area contributed by atoms with Crippen LogP contribution in [0.1, 0.15) is 41.3 Å². The molecule has 1 saturated carbocycles. The maximum Gasteiger partial charge on any atom is 0.316 e. The first-order chi connectivity index (χ1) is 14.2. The van der Waals surface area contributed by atoms with Crippen LogP contribution < -0.4 is 0 Å². The van der Waals surface area contributed by atoms with Crippen molar-refractivity contribution < 1.29 is 9.53 Å². The van der Waals surface area contributed by atoms with Gasteiger partial charge in [0.2, 0.25) is 0 Å². The summed E-state index contributed by atoms with van der Waals surface area (Å²) < 4.78 is 7.46. The summed E-state index contributed by atoms with van der Waals surface area (Å²) in [4.78, 5) is 12.2. The van der Waals surface area contributed by atoms with Gasteiger partial charge in [-0.15, -0.1) is 10.2 Å². The second-order valence-corrected chi connectivity index (χ2v) is 7.89. The Morgan fingerprint density at radius 3 is 2.55 bits per heavy atom. The third kappa shape index (κ3) is 5.04. The minimum absolute atomic E-state index is 0.174. The molecule has 0 atom stereocenters. The Morgan fingerprint density at radius 1 is 1.10 bits per heavy atom. The van der Waals surface area contributed by atoms with Crippen molar-refractivity contribution in [2.24, 2.45) is 0 Å². The summed E-state index contributed by atoms with van der Waals surface area (Å²) in [5, 5.41) is 18.3. The number of ether oxygens (including phenoxy) is 1. The number of esters is 1. The summed E-state index contributed by atoms with van der Waals surface area (Å²) in [7, 11) is 0. The average molecular weight is 404 g/mol. The van der Waals surface area contributed by atoms with Crippen LogP contribution >= 0.6 is 11.8 Å². The highest BCUT2D eigenvalue weighted by atomic mass is 32.2. The Labute approximate surface area is 173 Å². The van der Waals surface area contributed by atoms with Crippen LogP contribution in [-0.4, -0.2) is 26.5 Å². The lowest BCUT2D eigenvalue weighted by Gasteiger charge is -2.10. The van der Waals surface area contributed by atoms with E-state index >= 15 is 0 Å². The van der Waals surface area contributed by atoms with Crippen LogP contribution in [0.4, 0.5) is 0 Å². The molecule has 1 fully saturated rings. The predicted octanol–water partition coefficient (Wildman–Crippen LogP) is 3.91. The number of nitriles is 1. The van der Waals surface area contributed by atoms with E-state index in [4.69, 9.17) is 10.00 Å². The number of rotatable bonds is 8. The molecule has 0 amide bonds. The molecule has 0 N–H and O–H groups in total. The zero-order valence-corrected chi connectivity index (χ0v) is 16.6. The quantitative estimate of drug-likeness (QED) is 0.418. The highest BCUT2D eigenvalue weighted by molar-refractivity contribution is 7.99. The zero-order chi connectivity index (χ0) is 20.1. The third-order valence-corrected chi connectivity index (χ3v) is 5.61. The van der Waals surface area contributed by atoms with Crippen molar-refractivity contribution in [1.82, 2.24) is 14.8 Å². The minimum atomic E-state index is -0.304. The molecule has 1 aromatic heterocycles. The molecule has 0 bridgehead atoms. The van der Waals surface area contributed by atoms with Crippen molar-refractivity contribution in [2.45, 2.75) is 37.1 Å². The van der Waals surface area contributed by atoms with E-state index in [0.29, 0.717) is 18.0 Å². The van der Waals surface area contributed by atoms with Crippen molar-refractivity contribution in [1.29, 1.82) is 5.26 Å². The molecule has 29 heavy (non-hydrogen) atoms. The first kappa shape index (κ1) is 19.2. The molecule has 146 valence electrons. The van der Waals surface area contributed by atoms with Gasteiger partial charge in [-0.2, -0.15) is 5.26 Å². The van der Waals surface area contributed by atoms with Gasteiger partial charge < -0.3 is 9.30 Å². The van der Waals surface area contributed by atoms with Gasteiger partial charge in [-0.25, -0.2) is 0 Å². The molecule has 7 heteroatoms. The standard InChI is InChI=1S/C22H20N4O2S/c23-12-16-6-8-18(9-7-16)14-28-20(27)15-29-22-25-24-21(19-10-11-19)26(22)13-17-4-2-1-3-5-17/h1-9,19H,10-11,13-15H2. The lowest BCUT2D eigenvalue weighted by atomic mass is 10.2. The molecular weight excluding hydrogens is 384 g/mol. The molecule has 6 nitrogen and oxygen atoms in total. The minimum Gasteiger partial charge on any atom is -0.460 e. The van der Waals surface area contributed by atoms with E-state index in [1.54, 1.807) is 24.3 Å². The fourth-order valence-corrected chi connectivity index (χ4v) is 3.71. The molecule has 1 aliphatic carbocycles. The number of benzene rings is 2. The van der Waals surface area contributed by atoms with E-state index in [1.807, 2.05) is 18.2 Å². The van der Waals surface area contributed by atoms with Crippen LogP contribution in [0, 0.1) is 11.3 Å². The molecular formula is C22H20N4O2S. The number of aromatic nitrogens is 3. The van der Waals surface area contributed by atoms with E-state index in [1.165, 1.54) is 17.3 Å². The molecule has 4 rings (SSSR count). The number of carbonyl (C=O) groups excluding carboxylic acids is 1. The molecule has 3 aromatic rings. The summed E-state index contributed by atoms with van der Waals surface area (Å²) in [6.45, 7) is 0.886. The number of thioether (sulfide) groups is 1. The van der Waals surface area contributed by atoms with Crippen LogP contribution in [0.2, 0.25) is 0 Å². The summed E-state index contributed by atoms with van der Waals surface area (Å²) >= 11 is 1.35. The monoisotopic (exact) mass is 404 g/mol. The van der Waals surface area contributed by atoms with Gasteiger partial charge in [0, 0.05) is 5.92 Å². The molecule has 0 unspecified atom stereocenters. The van der Waals surface area contributed by atoms with Gasteiger partial charge in [0.1, 0.15) is 12.4 Å². The van der Waals surface area contributed by atoms with Crippen molar-refractivity contribution >= 4 is 17.7 Å². The van der Waals surface area contributed by atoms with Gasteiger partial charge in [0.25, 0.3) is 0 Å². The Balaban J connectivity index is 1.36. The highest BCUT2D eigenvalue weighted by Gasteiger charge is 2.30. The number of nitrogens with zero attached hydrogens (tertiary/aromatic N) is 4. The molecule has 2 aromatic carbocycles. The lowest BCUT2D eigenvalue weighted by Crippen LogP contribution is -2.10. The van der Waals surface area contributed by atoms with Crippen molar-refractivity contribution in [3.63, 3.8) is 0 Å². The van der Waals surface area contributed by atoms with Gasteiger partial charge in [-0.1, -0.05) is 54.2 Å². The zero-order valence-electron chi connectivity index (χ0n) is 15.8. The average Bonchev–Trinajstić information content (AvgIpc) is 3.53. The Hall–Kier alpha value is -3.11. The summed E-state index contributed by atoms with van der Waals surface area (Å²) in [5.41, 5.74) is 2.62. The van der Waals surface area contributed by atoms with Gasteiger partial charge in [-0.05, 0) is 36.1 Å². The smallest absolute Gasteiger partial charge is 0.316 e. The van der Waals surface area contributed by atoms with Crippen molar-refractivity contribution in [3.8, 4) is 6.07 Å². The summed E-state index contributed by atoms with van der Waals surface area (Å²) in [6, 6.07) is 19.3. The van der Waals surface area contributed by atoms with Crippen LogP contribution in [0.25, 0.3) is 0 Å². The van der Waals surface area contributed by atoms with Gasteiger partial charge >= 0.3 is 5.97 Å². The largest absolute Gasteiger partial charge is 0.460 e. The molecule has 1 aliphatic rings. The highest BCUT2D eigenvalue weighted by Crippen LogP contribution is 2.40. The Kier molecular flexibility index (Phi) is 5.92. The third-order valence-electron chi connectivity index (χ3n) is 4.67. The maximum atomic E-state index is 12.2. The van der Waals surface area contributed by atoms with Gasteiger partial charge in [0.15, 0.2) is 5.16 Å². The fourth-order valence-electron chi connectivity index (χ4n) is 2.97. The predicted molar refractivity (Wildman–Crippen MR) is 109 cm³/mol. The SMILES string of the molecule is N#Cc1ccc(COC(=O)CSc2nnc(C3CC3)n2Cc2ccccc2)cc1. The number of hydrogen-bond acceptors (Lipinski definition) is 6. The van der Waals surface area contributed by atoms with E-state index in [2.05, 4.69) is 33.0 Å². The van der Waals surface area contributed by atoms with Crippen LogP contribution in [0.15, 0.2) is 59.8 Å². The Morgan fingerprint density at radius 2 is 1.86 bits per heavy atom. The van der Waals surface area contributed by atoms with Gasteiger partial charge in [0.05, 0.1) is 23.9 Å². The van der Waals surface area contributed by atoms with Crippen LogP contribution in [0.5, 0.6) is 0 Å². The lowest BCUT2D eigenvalue weighted by molar-refractivity contribution is -0.141. The molecule has 1 heterocycles. The second kappa shape index (κ2) is 8.93. The summed E-state index contributed by atoms with van der Waals surface area (Å²) in [6.07, 6.45) is 2.29. The Bertz CT molecular complexity index is 1020. The van der Waals surface area contributed by atoms with Crippen molar-refractivity contribution in [3.05, 3.63) is 77.1 Å². The van der Waals surface area contributed by atoms with Gasteiger partial charge in [-0.3, -0.25) is 4.79 Å². The molecule has 0 saturated heterocycles. The van der Waals surface area contributed by atoms with Crippen molar-refractivity contribution in [2.75, 3.05) is 5.75 Å².